The Morgan fingerprint density at radius 2 is 0.491 bits per heavy atom. The van der Waals surface area contributed by atoms with E-state index in [1.807, 2.05) is 0 Å². The summed E-state index contributed by atoms with van der Waals surface area (Å²) in [6.45, 7) is 4.59. The van der Waals surface area contributed by atoms with E-state index in [1.165, 1.54) is 89.9 Å². The molecule has 608 valence electrons. The van der Waals surface area contributed by atoms with Crippen LogP contribution in [0.4, 0.5) is 0 Å². The van der Waals surface area contributed by atoms with E-state index in [0.717, 1.165) is 167 Å². The molecule has 0 saturated heterocycles. The van der Waals surface area contributed by atoms with Gasteiger partial charge in [-0.15, -0.1) is 0 Å². The van der Waals surface area contributed by atoms with Crippen molar-refractivity contribution in [3.05, 3.63) is 134 Å². The average molecular weight is 1530 g/mol. The van der Waals surface area contributed by atoms with E-state index in [-0.39, 0.29) is 25.7 Å². The molecular weight excluding hydrogens is 1380 g/mol. The van der Waals surface area contributed by atoms with Crippen LogP contribution in [0.1, 0.15) is 336 Å². The Hall–Kier alpha value is -4.80. The number of allylic oxidation sites excluding steroid dienone is 22. The molecule has 0 saturated carbocycles. The van der Waals surface area contributed by atoms with Gasteiger partial charge in [0.05, 0.1) is 26.4 Å². The van der Waals surface area contributed by atoms with Gasteiger partial charge in [-0.25, -0.2) is 9.13 Å². The Labute approximate surface area is 644 Å². The molecule has 3 N–H and O–H groups in total. The van der Waals surface area contributed by atoms with Gasteiger partial charge in [-0.2, -0.15) is 0 Å². The Balaban J connectivity index is 5.44. The maximum atomic E-state index is 13.1. The van der Waals surface area contributed by atoms with Crippen LogP contribution in [0.5, 0.6) is 0 Å². The number of aliphatic hydroxyl groups excluding tert-OH is 1. The van der Waals surface area contributed by atoms with Crippen molar-refractivity contribution in [2.75, 3.05) is 39.6 Å². The molecule has 5 atom stereocenters. The monoisotopic (exact) mass is 1530 g/mol. The molecule has 0 aliphatic heterocycles. The molecule has 0 rings (SSSR count). The van der Waals surface area contributed by atoms with Gasteiger partial charge in [-0.3, -0.25) is 37.3 Å². The fraction of sp³-hybridized carbons (Fsp3) is 0.701. The fourth-order valence-corrected chi connectivity index (χ4v) is 12.4. The summed E-state index contributed by atoms with van der Waals surface area (Å²) >= 11 is 0. The predicted molar refractivity (Wildman–Crippen MR) is 436 cm³/mol. The number of hydrogen-bond acceptors (Lipinski definition) is 15. The number of carbonyl (C=O) groups excluding carboxylic acids is 4. The molecule has 0 bridgehead atoms. The van der Waals surface area contributed by atoms with E-state index in [0.29, 0.717) is 25.7 Å². The van der Waals surface area contributed by atoms with Crippen molar-refractivity contribution >= 4 is 39.5 Å². The first-order chi connectivity index (χ1) is 51.7. The summed E-state index contributed by atoms with van der Waals surface area (Å²) in [6.07, 6.45) is 88.5. The van der Waals surface area contributed by atoms with Crippen molar-refractivity contribution in [1.29, 1.82) is 0 Å². The van der Waals surface area contributed by atoms with Gasteiger partial charge < -0.3 is 33.8 Å². The first-order valence-corrected chi connectivity index (χ1v) is 44.4. The van der Waals surface area contributed by atoms with Crippen LogP contribution in [0.15, 0.2) is 134 Å². The van der Waals surface area contributed by atoms with E-state index in [4.69, 9.17) is 37.0 Å². The summed E-state index contributed by atoms with van der Waals surface area (Å²) in [5.74, 6) is -2.25. The van der Waals surface area contributed by atoms with Crippen LogP contribution >= 0.6 is 15.6 Å². The number of unbranched alkanes of at least 4 members (excludes halogenated alkanes) is 29. The highest BCUT2D eigenvalue weighted by Gasteiger charge is 2.30. The zero-order chi connectivity index (χ0) is 77.4. The first kappa shape index (κ1) is 101. The number of aliphatic hydroxyl groups is 1. The number of carbonyl (C=O) groups is 4. The maximum Gasteiger partial charge on any atom is 0.472 e. The van der Waals surface area contributed by atoms with E-state index in [9.17, 15) is 43.2 Å². The van der Waals surface area contributed by atoms with Crippen LogP contribution < -0.4 is 0 Å². The third-order valence-corrected chi connectivity index (χ3v) is 19.0. The third kappa shape index (κ3) is 77.4. The quantitative estimate of drug-likeness (QED) is 0.0169. The Morgan fingerprint density at radius 3 is 0.774 bits per heavy atom. The zero-order valence-corrected chi connectivity index (χ0v) is 68.4. The smallest absolute Gasteiger partial charge is 0.462 e. The average Bonchev–Trinajstić information content (AvgIpc) is 0.903. The summed E-state index contributed by atoms with van der Waals surface area (Å²) < 4.78 is 68.7. The lowest BCUT2D eigenvalue weighted by Gasteiger charge is -2.21. The maximum absolute atomic E-state index is 13.1. The van der Waals surface area contributed by atoms with Crippen LogP contribution in [0.3, 0.4) is 0 Å². The lowest BCUT2D eigenvalue weighted by atomic mass is 10.0. The topological polar surface area (TPSA) is 237 Å². The molecule has 19 heteroatoms. The summed E-state index contributed by atoms with van der Waals surface area (Å²) in [7, 11) is -9.98. The van der Waals surface area contributed by atoms with Gasteiger partial charge in [-0.1, -0.05) is 303 Å². The van der Waals surface area contributed by atoms with Crippen LogP contribution in [0, 0.1) is 0 Å². The van der Waals surface area contributed by atoms with Gasteiger partial charge >= 0.3 is 39.5 Å². The normalized spacial score (nSPS) is 14.5. The molecule has 106 heavy (non-hydrogen) atoms. The Bertz CT molecular complexity index is 2530. The minimum Gasteiger partial charge on any atom is -0.462 e. The molecule has 0 amide bonds. The minimum absolute atomic E-state index is 0.0446. The van der Waals surface area contributed by atoms with Gasteiger partial charge in [0.15, 0.2) is 12.2 Å². The van der Waals surface area contributed by atoms with E-state index >= 15 is 0 Å². The largest absolute Gasteiger partial charge is 0.472 e. The number of hydrogen-bond donors (Lipinski definition) is 3. The highest BCUT2D eigenvalue weighted by molar-refractivity contribution is 7.47. The van der Waals surface area contributed by atoms with Crippen molar-refractivity contribution in [1.82, 2.24) is 0 Å². The molecule has 0 fully saturated rings. The van der Waals surface area contributed by atoms with Gasteiger partial charge in [0.2, 0.25) is 0 Å². The zero-order valence-electron chi connectivity index (χ0n) is 66.6. The summed E-state index contributed by atoms with van der Waals surface area (Å²) in [6, 6.07) is 0. The lowest BCUT2D eigenvalue weighted by Crippen LogP contribution is -2.30. The van der Waals surface area contributed by atoms with Gasteiger partial charge in [0, 0.05) is 25.7 Å². The highest BCUT2D eigenvalue weighted by Crippen LogP contribution is 2.45. The van der Waals surface area contributed by atoms with E-state index in [1.54, 1.807) is 0 Å². The van der Waals surface area contributed by atoms with Gasteiger partial charge in [0.25, 0.3) is 0 Å². The predicted octanol–water partition coefficient (Wildman–Crippen LogP) is 24.4. The number of esters is 4. The molecule has 0 heterocycles. The molecule has 2 unspecified atom stereocenters. The molecule has 0 spiro atoms. The summed E-state index contributed by atoms with van der Waals surface area (Å²) in [5, 5.41) is 10.7. The second-order valence-corrected chi connectivity index (χ2v) is 30.2. The van der Waals surface area contributed by atoms with Crippen LogP contribution in [0.2, 0.25) is 0 Å². The SMILES string of the molecule is CC/C=C\C/C=C\C/C=C\C/C=C\C/C=C\CCCCCC(=O)OC[C@H](COP(=O)(O)OC[C@@H](O)COP(=O)(O)OC[C@@H](COC(=O)CCCCCCC/C=C\CCCCCCCC)OC(=O)CCCCCCCCCCCCCCC)OC(=O)CCCCC/C=C\C/C=C\C/C=C\C/C=C\C/C=C\CC. The molecule has 0 aromatic carbocycles. The van der Waals surface area contributed by atoms with E-state index < -0.39 is 97.5 Å². The number of ether oxygens (including phenoxy) is 4. The third-order valence-electron chi connectivity index (χ3n) is 17.1. The first-order valence-electron chi connectivity index (χ1n) is 41.4. The van der Waals surface area contributed by atoms with Crippen molar-refractivity contribution in [3.8, 4) is 0 Å². The van der Waals surface area contributed by atoms with Gasteiger partial charge in [0.1, 0.15) is 19.3 Å². The summed E-state index contributed by atoms with van der Waals surface area (Å²) in [4.78, 5) is 73.1. The fourth-order valence-electron chi connectivity index (χ4n) is 10.9. The molecule has 0 aromatic rings. The Morgan fingerprint density at radius 1 is 0.274 bits per heavy atom. The van der Waals surface area contributed by atoms with Crippen molar-refractivity contribution in [2.24, 2.45) is 0 Å². The molecule has 0 aliphatic carbocycles. The summed E-state index contributed by atoms with van der Waals surface area (Å²) in [5.41, 5.74) is 0. The second-order valence-electron chi connectivity index (χ2n) is 27.3. The number of phosphoric acid groups is 2. The molecule has 17 nitrogen and oxygen atoms in total. The van der Waals surface area contributed by atoms with Crippen LogP contribution in [-0.4, -0.2) is 96.7 Å². The molecule has 0 aromatic heterocycles. The Kier molecular flexibility index (Phi) is 74.8. The van der Waals surface area contributed by atoms with Crippen LogP contribution in [-0.2, 0) is 65.4 Å². The standard InChI is InChI=1S/C87H148O17P2/c1-5-9-13-17-21-25-29-33-36-38-40-42-45-49-52-56-60-64-68-72-85(90)98-78-83(104-87(92)74-70-66-62-58-54-50-46-43-41-39-37-34-30-26-22-18-14-10-6-2)80-102-106(95,96)100-76-81(88)75-99-105(93,94)101-79-82(103-86(91)73-69-65-61-57-53-47-32-28-24-20-16-12-8-4)77-97-84(89)71-67-63-59-55-51-48-44-35-31-27-23-19-15-11-7-3/h9-10,13-14,21-22,25-26,33-37,40-44,49-50,52,54,81-83,88H,5-8,11-12,15-20,23-24,27-32,38-39,45-48,51,53,55-80H2,1-4H3,(H,93,94)(H,95,96)/b13-9-,14-10-,25-21-,26-22-,36-33-,37-34-,42-40-,43-41-,44-35-,52-49-,54-50-/t81-,82+,83+/m0/s1. The van der Waals surface area contributed by atoms with Crippen molar-refractivity contribution < 1.29 is 80.2 Å². The lowest BCUT2D eigenvalue weighted by molar-refractivity contribution is -0.161. The number of phosphoric ester groups is 2. The minimum atomic E-state index is -5.00. The van der Waals surface area contributed by atoms with Crippen molar-refractivity contribution in [2.45, 2.75) is 354 Å². The molecule has 0 aliphatic rings. The highest BCUT2D eigenvalue weighted by atomic mass is 31.2. The van der Waals surface area contributed by atoms with Crippen molar-refractivity contribution in [3.63, 3.8) is 0 Å². The van der Waals surface area contributed by atoms with Gasteiger partial charge in [-0.05, 0) is 141 Å². The second kappa shape index (κ2) is 78.3. The number of rotatable bonds is 77. The molecular formula is C87H148O17P2. The van der Waals surface area contributed by atoms with Crippen LogP contribution in [0.25, 0.3) is 0 Å². The van der Waals surface area contributed by atoms with E-state index in [2.05, 4.69) is 161 Å². The molecule has 0 radical (unpaired) electrons.